The normalized spacial score (nSPS) is 15.3. The third-order valence-corrected chi connectivity index (χ3v) is 9.21. The molecule has 6 nitrogen and oxygen atoms in total. The molecular weight excluding hydrogens is 450 g/mol. The zero-order valence-corrected chi connectivity index (χ0v) is 19.7. The van der Waals surface area contributed by atoms with E-state index in [9.17, 15) is 13.2 Å². The van der Waals surface area contributed by atoms with Gasteiger partial charge < -0.3 is 0 Å². The van der Waals surface area contributed by atoms with Crippen molar-refractivity contribution in [2.24, 2.45) is 0 Å². The Morgan fingerprint density at radius 1 is 1.13 bits per heavy atom. The molecule has 1 aliphatic carbocycles. The molecule has 31 heavy (non-hydrogen) atoms. The van der Waals surface area contributed by atoms with Gasteiger partial charge in [0.1, 0.15) is 0 Å². The summed E-state index contributed by atoms with van der Waals surface area (Å²) in [6.07, 6.45) is 5.14. The van der Waals surface area contributed by atoms with Crippen LogP contribution in [0, 0.1) is 0 Å². The molecule has 164 valence electrons. The maximum Gasteiger partial charge on any atom is 0.257 e. The molecule has 9 heteroatoms. The minimum absolute atomic E-state index is 0.0640. The lowest BCUT2D eigenvalue weighted by Crippen LogP contribution is -2.41. The Morgan fingerprint density at radius 2 is 1.87 bits per heavy atom. The fourth-order valence-corrected chi connectivity index (χ4v) is 7.11. The van der Waals surface area contributed by atoms with E-state index < -0.39 is 10.0 Å². The number of benzene rings is 1. The lowest BCUT2D eigenvalue weighted by molar-refractivity contribution is 0.102. The van der Waals surface area contributed by atoms with E-state index in [2.05, 4.69) is 10.3 Å². The minimum Gasteiger partial charge on any atom is -0.298 e. The quantitative estimate of drug-likeness (QED) is 0.492. The molecule has 0 radical (unpaired) electrons. The summed E-state index contributed by atoms with van der Waals surface area (Å²) >= 11 is 2.96. The lowest BCUT2D eigenvalue weighted by Gasteiger charge is -2.32. The topological polar surface area (TPSA) is 79.4 Å². The van der Waals surface area contributed by atoms with E-state index in [0.717, 1.165) is 36.3 Å². The number of hydrogen-bond donors (Lipinski definition) is 1. The average molecular weight is 476 g/mol. The summed E-state index contributed by atoms with van der Waals surface area (Å²) in [4.78, 5) is 18.3. The molecule has 1 saturated carbocycles. The zero-order valence-electron chi connectivity index (χ0n) is 17.3. The van der Waals surface area contributed by atoms with Crippen LogP contribution < -0.4 is 5.32 Å². The average Bonchev–Trinajstić information content (AvgIpc) is 3.47. The number of amides is 1. The van der Waals surface area contributed by atoms with Crippen molar-refractivity contribution in [3.05, 3.63) is 52.7 Å². The molecular formula is C22H25N3O3S3. The molecule has 4 rings (SSSR count). The molecule has 1 N–H and O–H groups in total. The van der Waals surface area contributed by atoms with E-state index in [1.54, 1.807) is 27.8 Å². The number of nitrogens with one attached hydrogen (secondary N) is 1. The molecule has 1 aromatic carbocycles. The Kier molecular flexibility index (Phi) is 6.86. The Balaban J connectivity index is 1.46. The SMILES string of the molecule is CCN(C1CCCCC1)S(=O)(=O)c1ccc(C(=O)Nc2nc(-c3cccs3)cs2)cc1. The number of thiazole rings is 1. The molecule has 0 bridgehead atoms. The number of sulfonamides is 1. The van der Waals surface area contributed by atoms with Crippen molar-refractivity contribution < 1.29 is 13.2 Å². The Morgan fingerprint density at radius 3 is 2.52 bits per heavy atom. The molecule has 2 aromatic heterocycles. The maximum atomic E-state index is 13.2. The van der Waals surface area contributed by atoms with E-state index >= 15 is 0 Å². The van der Waals surface area contributed by atoms with Crippen molar-refractivity contribution >= 4 is 43.7 Å². The van der Waals surface area contributed by atoms with Gasteiger partial charge in [-0.15, -0.1) is 22.7 Å². The van der Waals surface area contributed by atoms with E-state index in [-0.39, 0.29) is 16.8 Å². The van der Waals surface area contributed by atoms with Gasteiger partial charge in [0, 0.05) is 23.5 Å². The van der Waals surface area contributed by atoms with Gasteiger partial charge in [-0.3, -0.25) is 10.1 Å². The first-order chi connectivity index (χ1) is 15.0. The van der Waals surface area contributed by atoms with Gasteiger partial charge >= 0.3 is 0 Å². The summed E-state index contributed by atoms with van der Waals surface area (Å²) in [5.74, 6) is -0.310. The second kappa shape index (κ2) is 9.60. The van der Waals surface area contributed by atoms with Crippen molar-refractivity contribution in [3.8, 4) is 10.6 Å². The molecule has 3 aromatic rings. The Hall–Kier alpha value is -2.07. The van der Waals surface area contributed by atoms with Gasteiger partial charge in [0.2, 0.25) is 10.0 Å². The van der Waals surface area contributed by atoms with Crippen LogP contribution in [0.25, 0.3) is 10.6 Å². The summed E-state index contributed by atoms with van der Waals surface area (Å²) in [7, 11) is -3.58. The Labute approximate surface area is 191 Å². The van der Waals surface area contributed by atoms with Gasteiger partial charge in [0.15, 0.2) is 5.13 Å². The number of thiophene rings is 1. The van der Waals surface area contributed by atoms with Crippen LogP contribution in [0.2, 0.25) is 0 Å². The van der Waals surface area contributed by atoms with Gasteiger partial charge in [-0.25, -0.2) is 13.4 Å². The highest BCUT2D eigenvalue weighted by atomic mass is 32.2. The van der Waals surface area contributed by atoms with Crippen LogP contribution in [0.1, 0.15) is 49.4 Å². The van der Waals surface area contributed by atoms with Crippen LogP contribution in [-0.4, -0.2) is 36.2 Å². The van der Waals surface area contributed by atoms with E-state index in [1.807, 2.05) is 29.8 Å². The smallest absolute Gasteiger partial charge is 0.257 e. The molecule has 0 saturated heterocycles. The summed E-state index contributed by atoms with van der Waals surface area (Å²) in [6.45, 7) is 2.33. The first-order valence-electron chi connectivity index (χ1n) is 10.4. The summed E-state index contributed by atoms with van der Waals surface area (Å²) in [5, 5.41) is 7.20. The monoisotopic (exact) mass is 475 g/mol. The predicted molar refractivity (Wildman–Crippen MR) is 126 cm³/mol. The fourth-order valence-electron chi connectivity index (χ4n) is 3.95. The minimum atomic E-state index is -3.58. The fraction of sp³-hybridized carbons (Fsp3) is 0.364. The van der Waals surface area contributed by atoms with Crippen LogP contribution in [0.15, 0.2) is 52.1 Å². The van der Waals surface area contributed by atoms with Gasteiger partial charge in [-0.05, 0) is 48.6 Å². The number of rotatable bonds is 7. The van der Waals surface area contributed by atoms with E-state index in [4.69, 9.17) is 0 Å². The number of hydrogen-bond acceptors (Lipinski definition) is 6. The van der Waals surface area contributed by atoms with Gasteiger partial charge in [0.05, 0.1) is 15.5 Å². The standard InChI is InChI=1S/C22H25N3O3S3/c1-2-25(17-7-4-3-5-8-17)31(27,28)18-12-10-16(11-13-18)21(26)24-22-23-19(15-30-22)20-9-6-14-29-20/h6,9-15,17H,2-5,7-8H2,1H3,(H,23,24,26). The van der Waals surface area contributed by atoms with Crippen molar-refractivity contribution in [1.29, 1.82) is 0 Å². The molecule has 0 aliphatic heterocycles. The van der Waals surface area contributed by atoms with Crippen LogP contribution in [0.3, 0.4) is 0 Å². The highest BCUT2D eigenvalue weighted by Gasteiger charge is 2.31. The van der Waals surface area contributed by atoms with Crippen molar-refractivity contribution in [2.45, 2.75) is 50.0 Å². The third-order valence-electron chi connectivity index (χ3n) is 5.52. The van der Waals surface area contributed by atoms with Crippen LogP contribution in [0.5, 0.6) is 0 Å². The van der Waals surface area contributed by atoms with Crippen LogP contribution in [0.4, 0.5) is 5.13 Å². The molecule has 1 amide bonds. The summed E-state index contributed by atoms with van der Waals surface area (Å²) in [6, 6.07) is 10.2. The van der Waals surface area contributed by atoms with Gasteiger partial charge in [-0.1, -0.05) is 32.3 Å². The number of nitrogens with zero attached hydrogens (tertiary/aromatic N) is 2. The third kappa shape index (κ3) is 4.90. The van der Waals surface area contributed by atoms with E-state index in [1.165, 1.54) is 29.9 Å². The first kappa shape index (κ1) is 22.1. The highest BCUT2D eigenvalue weighted by molar-refractivity contribution is 7.89. The second-order valence-corrected chi connectivity index (χ2v) is 11.2. The molecule has 0 unspecified atom stereocenters. The second-order valence-electron chi connectivity index (χ2n) is 7.49. The van der Waals surface area contributed by atoms with Gasteiger partial charge in [0.25, 0.3) is 5.91 Å². The largest absolute Gasteiger partial charge is 0.298 e. The zero-order chi connectivity index (χ0) is 21.8. The van der Waals surface area contributed by atoms with Crippen LogP contribution >= 0.6 is 22.7 Å². The summed E-state index contributed by atoms with van der Waals surface area (Å²) in [5.41, 5.74) is 1.23. The van der Waals surface area contributed by atoms with Crippen molar-refractivity contribution in [1.82, 2.24) is 9.29 Å². The number of anilines is 1. The predicted octanol–water partition coefficient (Wildman–Crippen LogP) is 5.47. The molecule has 2 heterocycles. The summed E-state index contributed by atoms with van der Waals surface area (Å²) < 4.78 is 28.0. The molecule has 0 spiro atoms. The van der Waals surface area contributed by atoms with Gasteiger partial charge in [-0.2, -0.15) is 4.31 Å². The number of carbonyl (C=O) groups is 1. The highest BCUT2D eigenvalue weighted by Crippen LogP contribution is 2.29. The van der Waals surface area contributed by atoms with Crippen molar-refractivity contribution in [3.63, 3.8) is 0 Å². The number of aromatic nitrogens is 1. The van der Waals surface area contributed by atoms with Crippen LogP contribution in [-0.2, 0) is 10.0 Å². The lowest BCUT2D eigenvalue weighted by atomic mass is 9.95. The molecule has 1 fully saturated rings. The Bertz CT molecular complexity index is 1120. The first-order valence-corrected chi connectivity index (χ1v) is 13.6. The van der Waals surface area contributed by atoms with E-state index in [0.29, 0.717) is 17.2 Å². The maximum absolute atomic E-state index is 13.2. The van der Waals surface area contributed by atoms with Crippen molar-refractivity contribution in [2.75, 3.05) is 11.9 Å². The molecule has 0 atom stereocenters. The number of carbonyl (C=O) groups excluding carboxylic acids is 1. The molecule has 1 aliphatic rings.